The second-order valence-corrected chi connectivity index (χ2v) is 4.40. The summed E-state index contributed by atoms with van der Waals surface area (Å²) < 4.78 is 38.7. The van der Waals surface area contributed by atoms with E-state index in [1.807, 2.05) is 0 Å². The average molecular weight is 271 g/mol. The van der Waals surface area contributed by atoms with Crippen LogP contribution in [0.2, 0.25) is 0 Å². The fourth-order valence-electron chi connectivity index (χ4n) is 1.96. The summed E-state index contributed by atoms with van der Waals surface area (Å²) in [6.45, 7) is -0.0251. The van der Waals surface area contributed by atoms with E-state index in [0.717, 1.165) is 0 Å². The molecular formula is C13H12F3NO2. The third kappa shape index (κ3) is 2.96. The molecule has 102 valence electrons. The molecule has 0 fully saturated rings. The van der Waals surface area contributed by atoms with Gasteiger partial charge in [-0.15, -0.1) is 0 Å². The molecule has 0 radical (unpaired) electrons. The maximum Gasteiger partial charge on any atom is 0.251 e. The second kappa shape index (κ2) is 5.44. The van der Waals surface area contributed by atoms with E-state index >= 15 is 0 Å². The monoisotopic (exact) mass is 271 g/mol. The highest BCUT2D eigenvalue weighted by atomic mass is 19.2. The van der Waals surface area contributed by atoms with Crippen LogP contribution in [0.4, 0.5) is 13.2 Å². The molecule has 2 rings (SSSR count). The summed E-state index contributed by atoms with van der Waals surface area (Å²) in [5.41, 5.74) is -0.280. The van der Waals surface area contributed by atoms with Crippen LogP contribution in [0.3, 0.4) is 0 Å². The number of rotatable bonds is 3. The molecule has 1 aliphatic carbocycles. The number of hydrogen-bond donors (Lipinski definition) is 2. The van der Waals surface area contributed by atoms with E-state index in [1.54, 1.807) is 12.2 Å². The molecule has 1 aromatic rings. The number of aliphatic hydroxyl groups excluding tert-OH is 1. The van der Waals surface area contributed by atoms with Gasteiger partial charge in [0.1, 0.15) is 0 Å². The molecule has 0 unspecified atom stereocenters. The number of nitrogens with one attached hydrogen (secondary N) is 1. The first-order valence-corrected chi connectivity index (χ1v) is 5.76. The van der Waals surface area contributed by atoms with Crippen molar-refractivity contribution >= 4 is 5.91 Å². The average Bonchev–Trinajstić information content (AvgIpc) is 2.83. The molecule has 3 nitrogen and oxygen atoms in total. The van der Waals surface area contributed by atoms with Crippen molar-refractivity contribution in [2.45, 2.75) is 12.5 Å². The van der Waals surface area contributed by atoms with Crippen molar-refractivity contribution in [3.63, 3.8) is 0 Å². The first-order valence-electron chi connectivity index (χ1n) is 5.76. The zero-order valence-corrected chi connectivity index (χ0v) is 9.87. The first-order chi connectivity index (χ1) is 9.01. The maximum absolute atomic E-state index is 13.0. The smallest absolute Gasteiger partial charge is 0.251 e. The van der Waals surface area contributed by atoms with Crippen LogP contribution in [0.15, 0.2) is 24.3 Å². The van der Waals surface area contributed by atoms with Gasteiger partial charge in [-0.1, -0.05) is 12.2 Å². The highest BCUT2D eigenvalue weighted by Crippen LogP contribution is 2.18. The van der Waals surface area contributed by atoms with E-state index in [9.17, 15) is 18.0 Å². The molecule has 0 bridgehead atoms. The van der Waals surface area contributed by atoms with Gasteiger partial charge in [0.05, 0.1) is 0 Å². The Balaban J connectivity index is 2.07. The van der Waals surface area contributed by atoms with E-state index in [2.05, 4.69) is 5.32 Å². The SMILES string of the molecule is O=C(N[C@@H]1C=C[C@H](CO)C1)c1cc(F)c(F)c(F)c1. The lowest BCUT2D eigenvalue weighted by atomic mass is 10.1. The normalized spacial score (nSPS) is 21.7. The van der Waals surface area contributed by atoms with Gasteiger partial charge in [-0.2, -0.15) is 0 Å². The minimum absolute atomic E-state index is 0.0251. The maximum atomic E-state index is 13.0. The number of carbonyl (C=O) groups excluding carboxylic acids is 1. The predicted octanol–water partition coefficient (Wildman–Crippen LogP) is 1.77. The highest BCUT2D eigenvalue weighted by Gasteiger charge is 2.21. The Morgan fingerprint density at radius 2 is 1.89 bits per heavy atom. The molecule has 0 aliphatic heterocycles. The van der Waals surface area contributed by atoms with Gasteiger partial charge in [0.25, 0.3) is 5.91 Å². The lowest BCUT2D eigenvalue weighted by molar-refractivity contribution is 0.0940. The second-order valence-electron chi connectivity index (χ2n) is 4.40. The van der Waals surface area contributed by atoms with Gasteiger partial charge in [0.2, 0.25) is 0 Å². The van der Waals surface area contributed by atoms with Gasteiger partial charge in [-0.25, -0.2) is 13.2 Å². The van der Waals surface area contributed by atoms with Crippen LogP contribution < -0.4 is 5.32 Å². The van der Waals surface area contributed by atoms with E-state index in [1.165, 1.54) is 0 Å². The van der Waals surface area contributed by atoms with Crippen molar-refractivity contribution in [1.82, 2.24) is 5.32 Å². The molecule has 19 heavy (non-hydrogen) atoms. The van der Waals surface area contributed by atoms with Crippen LogP contribution in [-0.2, 0) is 0 Å². The third-order valence-electron chi connectivity index (χ3n) is 2.97. The standard InChI is InChI=1S/C13H12F3NO2/c14-10-4-8(5-11(15)12(10)16)13(19)17-9-2-1-7(3-9)6-18/h1-2,4-5,7,9,18H,3,6H2,(H,17,19)/t7-,9+/m0/s1. The predicted molar refractivity (Wildman–Crippen MR) is 61.9 cm³/mol. The summed E-state index contributed by atoms with van der Waals surface area (Å²) in [6, 6.07) is 0.993. The van der Waals surface area contributed by atoms with Gasteiger partial charge in [0, 0.05) is 24.1 Å². The van der Waals surface area contributed by atoms with Crippen LogP contribution in [-0.4, -0.2) is 23.7 Å². The van der Waals surface area contributed by atoms with E-state index in [0.29, 0.717) is 18.6 Å². The Kier molecular flexibility index (Phi) is 3.90. The van der Waals surface area contributed by atoms with E-state index < -0.39 is 23.4 Å². The largest absolute Gasteiger partial charge is 0.396 e. The zero-order valence-electron chi connectivity index (χ0n) is 9.87. The summed E-state index contributed by atoms with van der Waals surface area (Å²) in [5, 5.41) is 11.5. The zero-order chi connectivity index (χ0) is 14.0. The van der Waals surface area contributed by atoms with E-state index in [4.69, 9.17) is 5.11 Å². The Morgan fingerprint density at radius 1 is 1.26 bits per heavy atom. The van der Waals surface area contributed by atoms with Crippen molar-refractivity contribution in [2.24, 2.45) is 5.92 Å². The van der Waals surface area contributed by atoms with Gasteiger partial charge in [-0.3, -0.25) is 4.79 Å². The summed E-state index contributed by atoms with van der Waals surface area (Å²) >= 11 is 0. The molecular weight excluding hydrogens is 259 g/mol. The first kappa shape index (κ1) is 13.6. The Morgan fingerprint density at radius 3 is 2.42 bits per heavy atom. The minimum atomic E-state index is -1.60. The lowest BCUT2D eigenvalue weighted by Gasteiger charge is -2.13. The minimum Gasteiger partial charge on any atom is -0.396 e. The molecule has 1 amide bonds. The number of halogens is 3. The van der Waals surface area contributed by atoms with Crippen molar-refractivity contribution in [2.75, 3.05) is 6.61 Å². The highest BCUT2D eigenvalue weighted by molar-refractivity contribution is 5.94. The number of benzene rings is 1. The van der Waals surface area contributed by atoms with Crippen LogP contribution in [0.5, 0.6) is 0 Å². The molecule has 0 saturated heterocycles. The Hall–Kier alpha value is -1.82. The number of aliphatic hydroxyl groups is 1. The van der Waals surface area contributed by atoms with Crippen molar-refractivity contribution in [3.8, 4) is 0 Å². The number of carbonyl (C=O) groups is 1. The Labute approximate surface area is 107 Å². The number of amides is 1. The molecule has 0 spiro atoms. The molecule has 0 aromatic heterocycles. The van der Waals surface area contributed by atoms with Crippen LogP contribution >= 0.6 is 0 Å². The van der Waals surface area contributed by atoms with Gasteiger partial charge in [-0.05, 0) is 18.6 Å². The van der Waals surface area contributed by atoms with Gasteiger partial charge in [0.15, 0.2) is 17.5 Å². The fourth-order valence-corrected chi connectivity index (χ4v) is 1.96. The lowest BCUT2D eigenvalue weighted by Crippen LogP contribution is -2.33. The molecule has 0 saturated carbocycles. The molecule has 2 atom stereocenters. The van der Waals surface area contributed by atoms with Crippen molar-refractivity contribution in [1.29, 1.82) is 0 Å². The third-order valence-corrected chi connectivity index (χ3v) is 2.97. The van der Waals surface area contributed by atoms with Crippen LogP contribution in [0, 0.1) is 23.4 Å². The summed E-state index contributed by atoms with van der Waals surface area (Å²) in [4.78, 5) is 11.7. The van der Waals surface area contributed by atoms with Crippen molar-refractivity contribution in [3.05, 3.63) is 47.3 Å². The van der Waals surface area contributed by atoms with Crippen LogP contribution in [0.1, 0.15) is 16.8 Å². The topological polar surface area (TPSA) is 49.3 Å². The molecule has 1 aliphatic rings. The summed E-state index contributed by atoms with van der Waals surface area (Å²) in [7, 11) is 0. The van der Waals surface area contributed by atoms with E-state index in [-0.39, 0.29) is 24.1 Å². The van der Waals surface area contributed by atoms with Gasteiger partial charge >= 0.3 is 0 Å². The number of hydrogen-bond acceptors (Lipinski definition) is 2. The van der Waals surface area contributed by atoms with Crippen molar-refractivity contribution < 1.29 is 23.1 Å². The van der Waals surface area contributed by atoms with Crippen LogP contribution in [0.25, 0.3) is 0 Å². The summed E-state index contributed by atoms with van der Waals surface area (Å²) in [6.07, 6.45) is 3.99. The Bertz CT molecular complexity index is 508. The molecule has 6 heteroatoms. The fraction of sp³-hybridized carbons (Fsp3) is 0.308. The quantitative estimate of drug-likeness (QED) is 0.650. The molecule has 2 N–H and O–H groups in total. The molecule has 0 heterocycles. The summed E-state index contributed by atoms with van der Waals surface area (Å²) in [5.74, 6) is -5.13. The molecule has 1 aromatic carbocycles. The van der Waals surface area contributed by atoms with Gasteiger partial charge < -0.3 is 10.4 Å².